The second-order valence-corrected chi connectivity index (χ2v) is 1.53. The molecule has 0 aromatic carbocycles. The topological polar surface area (TPSA) is 60.3 Å². The summed E-state index contributed by atoms with van der Waals surface area (Å²) in [5, 5.41) is 6.90. The fourth-order valence-corrected chi connectivity index (χ4v) is 0.472. The molecule has 0 saturated heterocycles. The summed E-state index contributed by atoms with van der Waals surface area (Å²) in [4.78, 5) is 2.87. The Labute approximate surface area is 41.1 Å². The minimum Gasteiger partial charge on any atom is -0.361 e. The summed E-state index contributed by atoms with van der Waals surface area (Å²) < 4.78 is 0. The summed E-state index contributed by atoms with van der Waals surface area (Å²) >= 11 is 0. The maximum atomic E-state index is 8.00. The van der Waals surface area contributed by atoms with E-state index < -0.39 is 0 Å². The standard InChI is InChI=1S/C4H5N3/c5-3-1-2-4(3)7-6/h5H,1-2H2. The fraction of sp³-hybridized carbons (Fsp3) is 0.500. The van der Waals surface area contributed by atoms with Crippen molar-refractivity contribution in [1.82, 2.24) is 0 Å². The summed E-state index contributed by atoms with van der Waals surface area (Å²) in [6.45, 7) is 0. The third-order valence-electron chi connectivity index (χ3n) is 1.08. The average Bonchev–Trinajstić information content (AvgIpc) is 1.65. The minimum atomic E-state index is 0.475. The van der Waals surface area contributed by atoms with E-state index in [2.05, 4.69) is 4.79 Å². The summed E-state index contributed by atoms with van der Waals surface area (Å²) in [6.07, 6.45) is 1.55. The predicted octanol–water partition coefficient (Wildman–Crippen LogP) is 0.471. The molecule has 3 nitrogen and oxygen atoms in total. The Kier molecular flexibility index (Phi) is 0.770. The summed E-state index contributed by atoms with van der Waals surface area (Å²) in [5.41, 5.74) is 9.02. The van der Waals surface area contributed by atoms with Crippen LogP contribution in [0.25, 0.3) is 5.53 Å². The number of nitrogens with zero attached hydrogens (tertiary/aromatic N) is 2. The van der Waals surface area contributed by atoms with Gasteiger partial charge in [-0.1, -0.05) is 0 Å². The van der Waals surface area contributed by atoms with E-state index >= 15 is 0 Å². The van der Waals surface area contributed by atoms with Crippen molar-refractivity contribution in [2.75, 3.05) is 0 Å². The normalized spacial score (nSPS) is 18.3. The molecule has 1 aliphatic carbocycles. The molecule has 1 saturated carbocycles. The molecule has 36 valence electrons. The van der Waals surface area contributed by atoms with Crippen LogP contribution in [-0.2, 0) is 0 Å². The highest BCUT2D eigenvalue weighted by atomic mass is 14.9. The zero-order chi connectivity index (χ0) is 5.28. The second kappa shape index (κ2) is 1.28. The zero-order valence-electron chi connectivity index (χ0n) is 3.81. The van der Waals surface area contributed by atoms with Gasteiger partial charge in [0.15, 0.2) is 0 Å². The van der Waals surface area contributed by atoms with Crippen molar-refractivity contribution in [3.63, 3.8) is 0 Å². The Morgan fingerprint density at radius 3 is 2.29 bits per heavy atom. The van der Waals surface area contributed by atoms with Crippen LogP contribution in [-0.4, -0.2) is 16.2 Å². The molecule has 0 spiro atoms. The van der Waals surface area contributed by atoms with Gasteiger partial charge in [0, 0.05) is 6.42 Å². The van der Waals surface area contributed by atoms with Crippen LogP contribution in [0.1, 0.15) is 12.8 Å². The van der Waals surface area contributed by atoms with E-state index in [-0.39, 0.29) is 0 Å². The molecule has 0 aromatic heterocycles. The highest BCUT2D eigenvalue weighted by Crippen LogP contribution is 2.06. The molecule has 1 rings (SSSR count). The molecule has 0 heterocycles. The van der Waals surface area contributed by atoms with Gasteiger partial charge in [-0.2, -0.15) is 4.79 Å². The molecule has 1 aliphatic rings. The molecule has 1 fully saturated rings. The molecule has 0 unspecified atom stereocenters. The summed E-state index contributed by atoms with van der Waals surface area (Å²) in [5.74, 6) is 0. The highest BCUT2D eigenvalue weighted by Gasteiger charge is 2.25. The first-order valence-electron chi connectivity index (χ1n) is 2.13. The van der Waals surface area contributed by atoms with Crippen LogP contribution >= 0.6 is 0 Å². The van der Waals surface area contributed by atoms with E-state index in [1.54, 1.807) is 0 Å². The molecule has 0 atom stereocenters. The maximum absolute atomic E-state index is 8.00. The largest absolute Gasteiger partial charge is 0.361 e. The fourth-order valence-electron chi connectivity index (χ4n) is 0.472. The quantitative estimate of drug-likeness (QED) is 0.336. The zero-order valence-corrected chi connectivity index (χ0v) is 3.81. The van der Waals surface area contributed by atoms with Gasteiger partial charge >= 0.3 is 5.71 Å². The van der Waals surface area contributed by atoms with Crippen molar-refractivity contribution in [2.24, 2.45) is 0 Å². The molecule has 7 heavy (non-hydrogen) atoms. The van der Waals surface area contributed by atoms with Crippen LogP contribution < -0.4 is 0 Å². The molecule has 1 N–H and O–H groups in total. The van der Waals surface area contributed by atoms with Gasteiger partial charge in [-0.3, -0.25) is 5.41 Å². The number of nitrogens with one attached hydrogen (secondary N) is 1. The highest BCUT2D eigenvalue weighted by molar-refractivity contribution is 6.44. The first kappa shape index (κ1) is 4.22. The summed E-state index contributed by atoms with van der Waals surface area (Å²) in [7, 11) is 0. The molecule has 0 aliphatic heterocycles. The SMILES string of the molecule is [N-]=[N+]=C1CCC1=N. The predicted molar refractivity (Wildman–Crippen MR) is 25.6 cm³/mol. The molecule has 0 radical (unpaired) electrons. The summed E-state index contributed by atoms with van der Waals surface area (Å²) in [6, 6.07) is 0. The van der Waals surface area contributed by atoms with Gasteiger partial charge in [-0.25, -0.2) is 0 Å². The number of hydrogen-bond donors (Lipinski definition) is 1. The van der Waals surface area contributed by atoms with Gasteiger partial charge in [0.1, 0.15) is 5.71 Å². The Morgan fingerprint density at radius 2 is 2.29 bits per heavy atom. The molecular formula is C4H5N3. The Morgan fingerprint density at radius 1 is 1.57 bits per heavy atom. The molecule has 0 amide bonds. The van der Waals surface area contributed by atoms with Crippen LogP contribution in [0.3, 0.4) is 0 Å². The number of hydrogen-bond acceptors (Lipinski definition) is 1. The van der Waals surface area contributed by atoms with Gasteiger partial charge in [-0.05, 0) is 0 Å². The van der Waals surface area contributed by atoms with Crippen LogP contribution in [0.4, 0.5) is 0 Å². The van der Waals surface area contributed by atoms with Crippen molar-refractivity contribution < 1.29 is 4.79 Å². The van der Waals surface area contributed by atoms with Gasteiger partial charge < -0.3 is 5.53 Å². The van der Waals surface area contributed by atoms with Crippen LogP contribution in [0.5, 0.6) is 0 Å². The smallest absolute Gasteiger partial charge is 0.312 e. The Bertz CT molecular complexity index is 152. The van der Waals surface area contributed by atoms with Gasteiger partial charge in [0.05, 0.1) is 6.42 Å². The lowest BCUT2D eigenvalue weighted by atomic mass is 9.95. The lowest BCUT2D eigenvalue weighted by Gasteiger charge is -2.03. The van der Waals surface area contributed by atoms with Crippen LogP contribution in [0, 0.1) is 5.41 Å². The molecule has 3 heteroatoms. The van der Waals surface area contributed by atoms with Gasteiger partial charge in [-0.15, -0.1) is 0 Å². The first-order valence-corrected chi connectivity index (χ1v) is 2.13. The van der Waals surface area contributed by atoms with Crippen LogP contribution in [0.15, 0.2) is 0 Å². The van der Waals surface area contributed by atoms with Crippen molar-refractivity contribution in [3.05, 3.63) is 5.53 Å². The molecular weight excluding hydrogens is 90.1 g/mol. The lowest BCUT2D eigenvalue weighted by Crippen LogP contribution is -2.25. The average molecular weight is 95.1 g/mol. The van der Waals surface area contributed by atoms with Crippen molar-refractivity contribution in [1.29, 1.82) is 5.41 Å². The van der Waals surface area contributed by atoms with E-state index in [4.69, 9.17) is 10.9 Å². The lowest BCUT2D eigenvalue weighted by molar-refractivity contribution is -0.00677. The van der Waals surface area contributed by atoms with Crippen molar-refractivity contribution >= 4 is 11.4 Å². The van der Waals surface area contributed by atoms with Crippen molar-refractivity contribution in [2.45, 2.75) is 12.8 Å². The maximum Gasteiger partial charge on any atom is 0.312 e. The number of rotatable bonds is 0. The van der Waals surface area contributed by atoms with E-state index in [0.29, 0.717) is 11.4 Å². The Balaban J connectivity index is 2.79. The second-order valence-electron chi connectivity index (χ2n) is 1.53. The third-order valence-corrected chi connectivity index (χ3v) is 1.08. The van der Waals surface area contributed by atoms with E-state index in [9.17, 15) is 0 Å². The van der Waals surface area contributed by atoms with Crippen molar-refractivity contribution in [3.8, 4) is 0 Å². The Hall–Kier alpha value is -0.950. The first-order chi connectivity index (χ1) is 3.34. The van der Waals surface area contributed by atoms with E-state index in [1.165, 1.54) is 0 Å². The van der Waals surface area contributed by atoms with Gasteiger partial charge in [0.2, 0.25) is 0 Å². The van der Waals surface area contributed by atoms with Gasteiger partial charge in [0.25, 0.3) is 0 Å². The third kappa shape index (κ3) is 0.465. The van der Waals surface area contributed by atoms with E-state index in [1.807, 2.05) is 0 Å². The van der Waals surface area contributed by atoms with Crippen LogP contribution in [0.2, 0.25) is 0 Å². The van der Waals surface area contributed by atoms with E-state index in [0.717, 1.165) is 12.8 Å². The molecule has 0 bridgehead atoms. The molecule has 0 aromatic rings. The minimum absolute atomic E-state index is 0.475. The monoisotopic (exact) mass is 95.0 g/mol.